The first kappa shape index (κ1) is 22.7. The van der Waals surface area contributed by atoms with E-state index in [1.54, 1.807) is 37.1 Å². The number of ether oxygens (including phenoxy) is 1. The molecule has 5 aromatic heterocycles. The lowest BCUT2D eigenvalue weighted by Gasteiger charge is -2.35. The molecule has 1 aliphatic rings. The molecule has 0 aliphatic heterocycles. The maximum absolute atomic E-state index is 13.0. The smallest absolute Gasteiger partial charge is 0.253 e. The summed E-state index contributed by atoms with van der Waals surface area (Å²) in [6.45, 7) is 2.51. The summed E-state index contributed by atoms with van der Waals surface area (Å²) >= 11 is 0. The van der Waals surface area contributed by atoms with Gasteiger partial charge in [0.15, 0.2) is 5.82 Å². The molecule has 6 rings (SSSR count). The van der Waals surface area contributed by atoms with Crippen LogP contribution in [0, 0.1) is 0 Å². The van der Waals surface area contributed by atoms with Gasteiger partial charge >= 0.3 is 0 Å². The van der Waals surface area contributed by atoms with E-state index in [-0.39, 0.29) is 17.9 Å². The number of rotatable bonds is 7. The normalized spacial score (nSPS) is 16.8. The fourth-order valence-corrected chi connectivity index (χ4v) is 4.60. The molecule has 0 radical (unpaired) electrons. The Labute approximate surface area is 212 Å². The summed E-state index contributed by atoms with van der Waals surface area (Å²) in [4.78, 5) is 30.5. The molecule has 0 saturated heterocycles. The molecule has 1 aliphatic carbocycles. The van der Waals surface area contributed by atoms with Crippen LogP contribution in [-0.2, 0) is 0 Å². The molecule has 1 amide bonds. The van der Waals surface area contributed by atoms with E-state index in [0.717, 1.165) is 24.4 Å². The van der Waals surface area contributed by atoms with Crippen molar-refractivity contribution in [1.82, 2.24) is 40.0 Å². The molecule has 10 heteroatoms. The molecule has 1 saturated carbocycles. The van der Waals surface area contributed by atoms with Crippen molar-refractivity contribution in [3.8, 4) is 23.0 Å². The third-order valence-corrected chi connectivity index (χ3v) is 6.45. The van der Waals surface area contributed by atoms with E-state index in [1.807, 2.05) is 47.9 Å². The van der Waals surface area contributed by atoms with Gasteiger partial charge in [0.1, 0.15) is 22.8 Å². The van der Waals surface area contributed by atoms with Gasteiger partial charge in [-0.25, -0.2) is 4.98 Å². The Bertz CT molecular complexity index is 1540. The van der Waals surface area contributed by atoms with Gasteiger partial charge in [-0.05, 0) is 62.2 Å². The number of hydrogen-bond donors (Lipinski definition) is 1. The summed E-state index contributed by atoms with van der Waals surface area (Å²) in [7, 11) is 0. The molecular formula is C27H24N8O2. The summed E-state index contributed by atoms with van der Waals surface area (Å²) in [5.74, 6) is 2.13. The van der Waals surface area contributed by atoms with Gasteiger partial charge in [0, 0.05) is 30.6 Å². The highest BCUT2D eigenvalue weighted by Crippen LogP contribution is 2.38. The van der Waals surface area contributed by atoms with Gasteiger partial charge in [-0.2, -0.15) is 0 Å². The van der Waals surface area contributed by atoms with Crippen molar-refractivity contribution in [2.45, 2.75) is 31.7 Å². The van der Waals surface area contributed by atoms with E-state index in [1.165, 1.54) is 0 Å². The average molecular weight is 493 g/mol. The zero-order chi connectivity index (χ0) is 25.2. The highest BCUT2D eigenvalue weighted by atomic mass is 16.5. The fraction of sp³-hybridized carbons (Fsp3) is 0.222. The minimum absolute atomic E-state index is 0.0236. The Hall–Kier alpha value is -4.73. The van der Waals surface area contributed by atoms with Crippen LogP contribution >= 0.6 is 0 Å². The fourth-order valence-electron chi connectivity index (χ4n) is 4.60. The van der Waals surface area contributed by atoms with Crippen LogP contribution in [0.3, 0.4) is 0 Å². The summed E-state index contributed by atoms with van der Waals surface area (Å²) in [5.41, 5.74) is 3.36. The predicted molar refractivity (Wildman–Crippen MR) is 136 cm³/mol. The lowest BCUT2D eigenvalue weighted by Crippen LogP contribution is -2.44. The zero-order valence-electron chi connectivity index (χ0n) is 20.2. The highest BCUT2D eigenvalue weighted by molar-refractivity contribution is 6.04. The van der Waals surface area contributed by atoms with Crippen LogP contribution in [0.1, 0.15) is 41.9 Å². The van der Waals surface area contributed by atoms with E-state index in [0.29, 0.717) is 40.5 Å². The van der Waals surface area contributed by atoms with Crippen molar-refractivity contribution in [3.63, 3.8) is 0 Å². The summed E-state index contributed by atoms with van der Waals surface area (Å²) in [6, 6.07) is 13.0. The van der Waals surface area contributed by atoms with Crippen LogP contribution in [0.15, 0.2) is 73.4 Å². The van der Waals surface area contributed by atoms with Crippen molar-refractivity contribution in [2.24, 2.45) is 0 Å². The Kier molecular flexibility index (Phi) is 5.97. The lowest BCUT2D eigenvalue weighted by molar-refractivity contribution is 0.0908. The Morgan fingerprint density at radius 1 is 1.00 bits per heavy atom. The molecule has 5 heterocycles. The molecule has 5 aromatic rings. The van der Waals surface area contributed by atoms with Crippen molar-refractivity contribution in [3.05, 3.63) is 84.8 Å². The van der Waals surface area contributed by atoms with Gasteiger partial charge in [-0.15, -0.1) is 10.2 Å². The number of carbonyl (C=O) groups excluding carboxylic acids is 1. The third-order valence-electron chi connectivity index (χ3n) is 6.45. The molecule has 1 N–H and O–H groups in total. The van der Waals surface area contributed by atoms with E-state index in [2.05, 4.69) is 35.5 Å². The minimum Gasteiger partial charge on any atom is -0.492 e. The van der Waals surface area contributed by atoms with Crippen LogP contribution in [0.2, 0.25) is 0 Å². The second kappa shape index (κ2) is 9.73. The van der Waals surface area contributed by atoms with E-state index in [4.69, 9.17) is 4.74 Å². The number of hydrogen-bond acceptors (Lipinski definition) is 8. The predicted octanol–water partition coefficient (Wildman–Crippen LogP) is 3.74. The minimum atomic E-state index is -0.150. The molecule has 37 heavy (non-hydrogen) atoms. The maximum atomic E-state index is 13.0. The molecule has 184 valence electrons. The second-order valence-electron chi connectivity index (χ2n) is 8.81. The van der Waals surface area contributed by atoms with Gasteiger partial charge in [0.05, 0.1) is 35.8 Å². The molecular weight excluding hydrogens is 468 g/mol. The summed E-state index contributed by atoms with van der Waals surface area (Å²) < 4.78 is 7.52. The Morgan fingerprint density at radius 2 is 1.89 bits per heavy atom. The van der Waals surface area contributed by atoms with Crippen LogP contribution in [0.4, 0.5) is 0 Å². The second-order valence-corrected chi connectivity index (χ2v) is 8.81. The van der Waals surface area contributed by atoms with Gasteiger partial charge < -0.3 is 10.1 Å². The molecule has 0 atom stereocenters. The molecule has 10 nitrogen and oxygen atoms in total. The monoisotopic (exact) mass is 492 g/mol. The molecule has 0 spiro atoms. The first-order valence-electron chi connectivity index (χ1n) is 12.2. The van der Waals surface area contributed by atoms with E-state index in [9.17, 15) is 4.79 Å². The quantitative estimate of drug-likeness (QED) is 0.365. The SMILES string of the molecule is CCOc1ccc(-c2nnc([C@H]3C[C@H](NC(=O)c4ccnc5cccnc45)C3)n2-c2cccnc2)nc1. The Balaban J connectivity index is 1.23. The first-order valence-corrected chi connectivity index (χ1v) is 12.2. The van der Waals surface area contributed by atoms with Crippen LogP contribution in [0.25, 0.3) is 28.2 Å². The van der Waals surface area contributed by atoms with Crippen molar-refractivity contribution in [1.29, 1.82) is 0 Å². The zero-order valence-corrected chi connectivity index (χ0v) is 20.2. The number of aromatic nitrogens is 7. The van der Waals surface area contributed by atoms with Gasteiger partial charge in [0.25, 0.3) is 5.91 Å². The third kappa shape index (κ3) is 4.37. The number of nitrogens with zero attached hydrogens (tertiary/aromatic N) is 7. The van der Waals surface area contributed by atoms with E-state index < -0.39 is 0 Å². The molecule has 1 fully saturated rings. The molecule has 0 aromatic carbocycles. The van der Waals surface area contributed by atoms with Crippen LogP contribution in [-0.4, -0.2) is 53.3 Å². The molecule has 0 bridgehead atoms. The van der Waals surface area contributed by atoms with Crippen LogP contribution < -0.4 is 10.1 Å². The lowest BCUT2D eigenvalue weighted by atomic mass is 9.79. The highest BCUT2D eigenvalue weighted by Gasteiger charge is 2.36. The average Bonchev–Trinajstić information content (AvgIpc) is 3.35. The topological polar surface area (TPSA) is 121 Å². The van der Waals surface area contributed by atoms with Gasteiger partial charge in [-0.1, -0.05) is 0 Å². The summed E-state index contributed by atoms with van der Waals surface area (Å²) in [5, 5.41) is 12.2. The van der Waals surface area contributed by atoms with Gasteiger partial charge in [0.2, 0.25) is 0 Å². The first-order chi connectivity index (χ1) is 18.2. The van der Waals surface area contributed by atoms with Crippen molar-refractivity contribution in [2.75, 3.05) is 6.61 Å². The number of nitrogens with one attached hydrogen (secondary N) is 1. The van der Waals surface area contributed by atoms with Crippen LogP contribution in [0.5, 0.6) is 5.75 Å². The number of carbonyl (C=O) groups is 1. The maximum Gasteiger partial charge on any atom is 0.253 e. The van der Waals surface area contributed by atoms with E-state index >= 15 is 0 Å². The largest absolute Gasteiger partial charge is 0.492 e. The molecule has 0 unspecified atom stereocenters. The summed E-state index contributed by atoms with van der Waals surface area (Å²) in [6.07, 6.45) is 10.00. The number of pyridine rings is 4. The Morgan fingerprint density at radius 3 is 2.68 bits per heavy atom. The number of fused-ring (bicyclic) bond motifs is 1. The van der Waals surface area contributed by atoms with Gasteiger partial charge in [-0.3, -0.25) is 24.3 Å². The van der Waals surface area contributed by atoms with Crippen molar-refractivity contribution >= 4 is 16.9 Å². The van der Waals surface area contributed by atoms with Crippen molar-refractivity contribution < 1.29 is 9.53 Å². The number of amides is 1. The standard InChI is InChI=1S/C27H24N8O2/c1-2-37-20-7-8-23(31-16-20)26-34-33-25(35(26)19-5-3-10-28-15-19)17-13-18(14-17)32-27(36)21-9-12-29-22-6-4-11-30-24(21)22/h3-12,15-18H,2,13-14H2,1H3,(H,32,36)/t17-,18-.